The summed E-state index contributed by atoms with van der Waals surface area (Å²) in [6.07, 6.45) is 31.8. The predicted octanol–water partition coefficient (Wildman–Crippen LogP) is 10.9. The number of esters is 2. The highest BCUT2D eigenvalue weighted by Crippen LogP contribution is 2.38. The van der Waals surface area contributed by atoms with Crippen molar-refractivity contribution in [3.63, 3.8) is 0 Å². The van der Waals surface area contributed by atoms with Crippen LogP contribution < -0.4 is 4.89 Å². The summed E-state index contributed by atoms with van der Waals surface area (Å²) in [7, 11) is 1.04. The lowest BCUT2D eigenvalue weighted by molar-refractivity contribution is -0.870. The quantitative estimate of drug-likeness (QED) is 0.0170. The third kappa shape index (κ3) is 30.5. The first-order valence-electron chi connectivity index (χ1n) is 23.2. The number of aliphatic hydroxyl groups excluding tert-OH is 1. The molecule has 60 heavy (non-hydrogen) atoms. The number of likely N-dealkylation sites (N-methyl/N-ethyl adjacent to an activating group) is 1. The number of hydrogen-bond donors (Lipinski definition) is 1. The van der Waals surface area contributed by atoms with E-state index in [1.54, 1.807) is 12.2 Å². The second-order valence-electron chi connectivity index (χ2n) is 17.2. The Kier molecular flexibility index (Phi) is 31.5. The van der Waals surface area contributed by atoms with Crippen molar-refractivity contribution in [1.29, 1.82) is 0 Å². The fraction of sp³-hybridized carbons (Fsp3) is 0.750. The van der Waals surface area contributed by atoms with Gasteiger partial charge in [0.05, 0.1) is 33.9 Å². The first-order valence-corrected chi connectivity index (χ1v) is 24.6. The van der Waals surface area contributed by atoms with Gasteiger partial charge in [0, 0.05) is 25.7 Å². The van der Waals surface area contributed by atoms with Gasteiger partial charge >= 0.3 is 11.9 Å². The van der Waals surface area contributed by atoms with Crippen molar-refractivity contribution < 1.29 is 51.6 Å². The summed E-state index contributed by atoms with van der Waals surface area (Å²) in [4.78, 5) is 37.7. The van der Waals surface area contributed by atoms with Gasteiger partial charge in [-0.1, -0.05) is 121 Å². The summed E-state index contributed by atoms with van der Waals surface area (Å²) < 4.78 is 40.1. The highest BCUT2D eigenvalue weighted by Gasteiger charge is 2.22. The van der Waals surface area contributed by atoms with Crippen LogP contribution in [-0.4, -0.2) is 81.2 Å². The highest BCUT2D eigenvalue weighted by molar-refractivity contribution is 7.45. The van der Waals surface area contributed by atoms with Crippen LogP contribution in [0.1, 0.15) is 171 Å². The molecule has 0 fully saturated rings. The number of unbranched alkanes of at least 4 members (excludes halogenated alkanes) is 13. The van der Waals surface area contributed by atoms with Crippen LogP contribution in [-0.2, 0) is 45.5 Å². The summed E-state index contributed by atoms with van der Waals surface area (Å²) in [5.41, 5.74) is 2.57. The molecule has 0 saturated carbocycles. The molecule has 0 radical (unpaired) electrons. The Hall–Kier alpha value is -2.53. The average molecular weight is 866 g/mol. The van der Waals surface area contributed by atoms with E-state index in [1.165, 1.54) is 62.5 Å². The smallest absolute Gasteiger partial charge is 0.306 e. The normalized spacial score (nSPS) is 14.3. The van der Waals surface area contributed by atoms with Crippen molar-refractivity contribution in [2.24, 2.45) is 0 Å². The van der Waals surface area contributed by atoms with Crippen molar-refractivity contribution >= 4 is 19.8 Å². The van der Waals surface area contributed by atoms with Crippen LogP contribution in [0.2, 0.25) is 0 Å². The Bertz CT molecular complexity index is 1410. The van der Waals surface area contributed by atoms with Crippen LogP contribution in [0.5, 0.6) is 0 Å². The molecule has 1 aromatic heterocycles. The zero-order valence-electron chi connectivity index (χ0n) is 38.7. The van der Waals surface area contributed by atoms with Crippen LogP contribution >= 0.6 is 7.82 Å². The summed E-state index contributed by atoms with van der Waals surface area (Å²) >= 11 is 0. The molecule has 0 spiro atoms. The number of nitrogens with zero attached hydrogens (tertiary/aromatic N) is 1. The maximum absolute atomic E-state index is 12.8. The van der Waals surface area contributed by atoms with Gasteiger partial charge in [-0.2, -0.15) is 0 Å². The summed E-state index contributed by atoms with van der Waals surface area (Å²) in [6.45, 7) is 8.23. The van der Waals surface area contributed by atoms with E-state index >= 15 is 0 Å². The molecule has 0 aromatic carbocycles. The minimum Gasteiger partial charge on any atom is -0.756 e. The highest BCUT2D eigenvalue weighted by atomic mass is 31.2. The molecule has 0 aliphatic rings. The van der Waals surface area contributed by atoms with Gasteiger partial charge < -0.3 is 37.4 Å². The molecule has 0 amide bonds. The lowest BCUT2D eigenvalue weighted by Crippen LogP contribution is -2.37. The average Bonchev–Trinajstić information content (AvgIpc) is 3.46. The molecule has 0 saturated heterocycles. The molecular weight excluding hydrogens is 781 g/mol. The van der Waals surface area contributed by atoms with Gasteiger partial charge in [0.1, 0.15) is 31.3 Å². The maximum atomic E-state index is 12.8. The number of aryl methyl sites for hydroxylation is 2. The molecule has 1 aromatic rings. The van der Waals surface area contributed by atoms with E-state index in [4.69, 9.17) is 22.9 Å². The summed E-state index contributed by atoms with van der Waals surface area (Å²) in [5.74, 6) is 1.18. The molecule has 0 bridgehead atoms. The van der Waals surface area contributed by atoms with Crippen LogP contribution in [0.4, 0.5) is 0 Å². The van der Waals surface area contributed by atoms with E-state index < -0.39 is 38.6 Å². The molecular formula is C48H84NO10P. The van der Waals surface area contributed by atoms with Crippen LogP contribution in [0.3, 0.4) is 0 Å². The Morgan fingerprint density at radius 2 is 1.32 bits per heavy atom. The molecule has 0 aliphatic carbocycles. The largest absolute Gasteiger partial charge is 0.756 e. The molecule has 0 aliphatic heterocycles. The number of allylic oxidation sites excluding steroid dienone is 5. The summed E-state index contributed by atoms with van der Waals surface area (Å²) in [5, 5.41) is 10.3. The monoisotopic (exact) mass is 866 g/mol. The van der Waals surface area contributed by atoms with Crippen LogP contribution in [0.25, 0.3) is 0 Å². The number of carbonyl (C=O) groups excluding carboxylic acids is 2. The molecule has 1 heterocycles. The molecule has 3 atom stereocenters. The van der Waals surface area contributed by atoms with Crippen LogP contribution in [0.15, 0.2) is 40.9 Å². The van der Waals surface area contributed by atoms with Gasteiger partial charge in [-0.3, -0.25) is 14.2 Å². The van der Waals surface area contributed by atoms with E-state index in [0.717, 1.165) is 75.7 Å². The fourth-order valence-electron chi connectivity index (χ4n) is 6.49. The Morgan fingerprint density at radius 1 is 0.733 bits per heavy atom. The standard InChI is InChI=1S/C48H84NO10P/c1-8-10-12-13-14-15-16-17-18-19-20-23-27-31-43(50)32-30-36-47(51)55-39-44(40-57-60(53,54)56-38-37-49(5,6)7)58-48(52)35-29-25-22-21-24-28-34-46-42(4)41(3)45(59-46)33-26-11-9-2/h17-18,20,23,27,31,43-44,50H,8-16,19,21-22,24-26,28-30,32-40H2,1-7H3/b18-17+,23-20+,31-27+/t43?,44-/m1/s1. The van der Waals surface area contributed by atoms with E-state index in [0.29, 0.717) is 30.3 Å². The number of carbonyl (C=O) groups is 2. The molecule has 2 unspecified atom stereocenters. The van der Waals surface area contributed by atoms with E-state index in [2.05, 4.69) is 39.8 Å². The van der Waals surface area contributed by atoms with Gasteiger partial charge in [0.25, 0.3) is 7.82 Å². The van der Waals surface area contributed by atoms with Crippen molar-refractivity contribution in [3.8, 4) is 0 Å². The zero-order chi connectivity index (χ0) is 44.5. The fourth-order valence-corrected chi connectivity index (χ4v) is 7.22. The van der Waals surface area contributed by atoms with Crippen molar-refractivity contribution in [3.05, 3.63) is 59.1 Å². The van der Waals surface area contributed by atoms with E-state index in [9.17, 15) is 24.2 Å². The number of ether oxygens (including phenoxy) is 2. The van der Waals surface area contributed by atoms with Crippen molar-refractivity contribution in [2.75, 3.05) is 47.5 Å². The van der Waals surface area contributed by atoms with Gasteiger partial charge in [-0.25, -0.2) is 0 Å². The van der Waals surface area contributed by atoms with E-state index in [1.807, 2.05) is 33.3 Å². The number of aliphatic hydroxyl groups is 1. The lowest BCUT2D eigenvalue weighted by atomic mass is 10.0. The van der Waals surface area contributed by atoms with E-state index in [-0.39, 0.29) is 26.1 Å². The molecule has 346 valence electrons. The van der Waals surface area contributed by atoms with Gasteiger partial charge in [-0.15, -0.1) is 0 Å². The number of phosphoric ester groups is 1. The maximum Gasteiger partial charge on any atom is 0.306 e. The first kappa shape index (κ1) is 55.5. The van der Waals surface area contributed by atoms with Crippen molar-refractivity contribution in [2.45, 2.75) is 188 Å². The number of phosphoric acid groups is 1. The minimum atomic E-state index is -4.69. The van der Waals surface area contributed by atoms with Crippen LogP contribution in [0, 0.1) is 13.8 Å². The number of rotatable bonds is 38. The second-order valence-corrected chi connectivity index (χ2v) is 18.6. The molecule has 1 rings (SSSR count). The molecule has 12 heteroatoms. The molecule has 11 nitrogen and oxygen atoms in total. The SMILES string of the molecule is CCCCCCCC/C=C/C/C=C/C=C/C(O)CCCC(=O)OC[C@H](COP(=O)([O-])OCC[N+](C)(C)C)OC(=O)CCCCCCCCc1oc(CCCCC)c(C)c1C. The minimum absolute atomic E-state index is 0.0424. The van der Waals surface area contributed by atoms with Gasteiger partial charge in [-0.05, 0) is 76.3 Å². The number of quaternary nitrogens is 1. The first-order chi connectivity index (χ1) is 28.7. The second kappa shape index (κ2) is 34.0. The zero-order valence-corrected chi connectivity index (χ0v) is 39.6. The topological polar surface area (TPSA) is 145 Å². The Balaban J connectivity index is 2.45. The lowest BCUT2D eigenvalue weighted by Gasteiger charge is -2.28. The van der Waals surface area contributed by atoms with Gasteiger partial charge in [0.2, 0.25) is 0 Å². The third-order valence-corrected chi connectivity index (χ3v) is 11.4. The predicted molar refractivity (Wildman–Crippen MR) is 241 cm³/mol. The number of hydrogen-bond acceptors (Lipinski definition) is 10. The Labute approximate surface area is 364 Å². The Morgan fingerprint density at radius 3 is 1.98 bits per heavy atom. The number of furan rings is 1. The van der Waals surface area contributed by atoms with Gasteiger partial charge in [0.15, 0.2) is 6.10 Å². The summed E-state index contributed by atoms with van der Waals surface area (Å²) in [6, 6.07) is 0. The third-order valence-electron chi connectivity index (χ3n) is 10.5. The molecule has 1 N–H and O–H groups in total. The van der Waals surface area contributed by atoms with Crippen molar-refractivity contribution in [1.82, 2.24) is 0 Å².